The van der Waals surface area contributed by atoms with Crippen molar-refractivity contribution in [3.8, 4) is 17.2 Å². The number of benzene rings is 2. The van der Waals surface area contributed by atoms with E-state index in [-0.39, 0.29) is 0 Å². The van der Waals surface area contributed by atoms with Gasteiger partial charge in [-0.1, -0.05) is 23.7 Å². The van der Waals surface area contributed by atoms with E-state index in [1.165, 1.54) is 13.2 Å². The highest BCUT2D eigenvalue weighted by molar-refractivity contribution is 6.30. The molecule has 1 aromatic heterocycles. The first-order valence-electron chi connectivity index (χ1n) is 9.71. The van der Waals surface area contributed by atoms with E-state index in [0.29, 0.717) is 39.9 Å². The van der Waals surface area contributed by atoms with E-state index in [9.17, 15) is 9.90 Å². The van der Waals surface area contributed by atoms with Gasteiger partial charge in [0.15, 0.2) is 11.5 Å². The third kappa shape index (κ3) is 4.93. The van der Waals surface area contributed by atoms with Crippen molar-refractivity contribution in [1.82, 2.24) is 4.57 Å². The van der Waals surface area contributed by atoms with Crippen LogP contribution in [0.3, 0.4) is 0 Å². The average molecular weight is 442 g/mol. The summed E-state index contributed by atoms with van der Waals surface area (Å²) in [5, 5.41) is 11.9. The van der Waals surface area contributed by atoms with E-state index in [2.05, 4.69) is 4.74 Å². The summed E-state index contributed by atoms with van der Waals surface area (Å²) in [4.78, 5) is 11.5. The van der Waals surface area contributed by atoms with Gasteiger partial charge in [0, 0.05) is 34.1 Å². The molecule has 0 amide bonds. The Labute approximate surface area is 186 Å². The molecule has 0 saturated heterocycles. The molecule has 0 aliphatic carbocycles. The molecule has 162 valence electrons. The van der Waals surface area contributed by atoms with Crippen molar-refractivity contribution >= 4 is 23.6 Å². The molecule has 3 rings (SSSR count). The van der Waals surface area contributed by atoms with Crippen LogP contribution in [0, 0.1) is 0 Å². The second kappa shape index (κ2) is 10.2. The lowest BCUT2D eigenvalue weighted by Gasteiger charge is -2.21. The number of esters is 1. The zero-order valence-corrected chi connectivity index (χ0v) is 18.3. The number of hydrogen-bond acceptors (Lipinski definition) is 5. The number of aliphatic hydroxyl groups is 1. The SMILES string of the molecule is CCOc1c(OC)cccc1C(O)c1cc(Cl)ccc1-n1cccc1/C=C/C(=O)OC. The van der Waals surface area contributed by atoms with Gasteiger partial charge in [-0.05, 0) is 49.4 Å². The molecular formula is C24H24ClNO5. The molecule has 0 radical (unpaired) electrons. The van der Waals surface area contributed by atoms with Crippen molar-refractivity contribution in [2.45, 2.75) is 13.0 Å². The first-order valence-corrected chi connectivity index (χ1v) is 10.1. The number of ether oxygens (including phenoxy) is 3. The van der Waals surface area contributed by atoms with Gasteiger partial charge in [0.25, 0.3) is 0 Å². The van der Waals surface area contributed by atoms with E-state index in [0.717, 1.165) is 5.69 Å². The molecule has 2 aromatic carbocycles. The standard InChI is InChI=1S/C24H24ClNO5/c1-4-31-24-18(8-5-9-21(24)29-2)23(28)19-15-16(25)10-12-20(19)26-14-6-7-17(26)11-13-22(27)30-3/h5-15,23,28H,4H2,1-3H3/b13-11+. The van der Waals surface area contributed by atoms with E-state index < -0.39 is 12.1 Å². The van der Waals surface area contributed by atoms with Crippen LogP contribution in [0.4, 0.5) is 0 Å². The first kappa shape index (κ1) is 22.5. The molecule has 0 spiro atoms. The van der Waals surface area contributed by atoms with Crippen molar-refractivity contribution in [3.05, 3.63) is 82.6 Å². The monoisotopic (exact) mass is 441 g/mol. The fourth-order valence-corrected chi connectivity index (χ4v) is 3.49. The molecule has 0 bridgehead atoms. The van der Waals surface area contributed by atoms with Gasteiger partial charge < -0.3 is 23.9 Å². The molecule has 0 saturated carbocycles. The van der Waals surface area contributed by atoms with Crippen LogP contribution in [0.2, 0.25) is 5.02 Å². The maximum atomic E-state index is 11.5. The van der Waals surface area contributed by atoms with Crippen molar-refractivity contribution in [3.63, 3.8) is 0 Å². The Kier molecular flexibility index (Phi) is 7.39. The lowest BCUT2D eigenvalue weighted by atomic mass is 9.98. The topological polar surface area (TPSA) is 69.9 Å². The number of para-hydroxylation sites is 1. The quantitative estimate of drug-likeness (QED) is 0.401. The smallest absolute Gasteiger partial charge is 0.330 e. The third-order valence-electron chi connectivity index (χ3n) is 4.73. The molecule has 0 aliphatic heterocycles. The van der Waals surface area contributed by atoms with Gasteiger partial charge in [-0.3, -0.25) is 0 Å². The molecule has 1 unspecified atom stereocenters. The van der Waals surface area contributed by atoms with Crippen LogP contribution in [-0.4, -0.2) is 36.5 Å². The zero-order valence-electron chi connectivity index (χ0n) is 17.5. The van der Waals surface area contributed by atoms with E-state index in [1.54, 1.807) is 43.5 Å². The Morgan fingerprint density at radius 2 is 1.97 bits per heavy atom. The summed E-state index contributed by atoms with van der Waals surface area (Å²) in [6.45, 7) is 2.29. The Morgan fingerprint density at radius 1 is 1.16 bits per heavy atom. The second-order valence-corrected chi connectivity index (χ2v) is 7.01. The fourth-order valence-electron chi connectivity index (χ4n) is 3.31. The maximum Gasteiger partial charge on any atom is 0.330 e. The molecule has 0 aliphatic rings. The van der Waals surface area contributed by atoms with E-state index >= 15 is 0 Å². The summed E-state index contributed by atoms with van der Waals surface area (Å²) in [5.74, 6) is 0.552. The first-order chi connectivity index (χ1) is 15.0. The van der Waals surface area contributed by atoms with Gasteiger partial charge in [-0.25, -0.2) is 4.79 Å². The number of nitrogens with zero attached hydrogens (tertiary/aromatic N) is 1. The molecule has 31 heavy (non-hydrogen) atoms. The number of carbonyl (C=O) groups is 1. The van der Waals surface area contributed by atoms with Gasteiger partial charge >= 0.3 is 5.97 Å². The Bertz CT molecular complexity index is 1090. The molecule has 3 aromatic rings. The van der Waals surface area contributed by atoms with Crippen molar-refractivity contribution in [2.75, 3.05) is 20.8 Å². The summed E-state index contributed by atoms with van der Waals surface area (Å²) in [6, 6.07) is 14.3. The van der Waals surface area contributed by atoms with Gasteiger partial charge in [0.2, 0.25) is 0 Å². The highest BCUT2D eigenvalue weighted by Crippen LogP contribution is 2.39. The van der Waals surface area contributed by atoms with Crippen LogP contribution in [-0.2, 0) is 9.53 Å². The predicted octanol–water partition coefficient (Wildman–Crippen LogP) is 4.81. The highest BCUT2D eigenvalue weighted by atomic mass is 35.5. The summed E-state index contributed by atoms with van der Waals surface area (Å²) in [5.41, 5.74) is 2.57. The molecule has 6 nitrogen and oxygen atoms in total. The van der Waals surface area contributed by atoms with Crippen LogP contribution in [0.5, 0.6) is 11.5 Å². The molecule has 1 heterocycles. The normalized spacial score (nSPS) is 12.0. The maximum absolute atomic E-state index is 11.5. The lowest BCUT2D eigenvalue weighted by Crippen LogP contribution is -2.09. The fraction of sp³-hybridized carbons (Fsp3) is 0.208. The van der Waals surface area contributed by atoms with Crippen molar-refractivity contribution in [2.24, 2.45) is 0 Å². The summed E-state index contributed by atoms with van der Waals surface area (Å²) in [6.07, 6.45) is 3.79. The number of methoxy groups -OCH3 is 2. The minimum atomic E-state index is -1.04. The van der Waals surface area contributed by atoms with Gasteiger partial charge in [0.05, 0.1) is 26.5 Å². The zero-order chi connectivity index (χ0) is 22.4. The van der Waals surface area contributed by atoms with E-state index in [1.807, 2.05) is 35.9 Å². The summed E-state index contributed by atoms with van der Waals surface area (Å²) in [7, 11) is 2.88. The lowest BCUT2D eigenvalue weighted by molar-refractivity contribution is -0.134. The third-order valence-corrected chi connectivity index (χ3v) is 4.96. The highest BCUT2D eigenvalue weighted by Gasteiger charge is 2.23. The molecule has 1 N–H and O–H groups in total. The minimum Gasteiger partial charge on any atom is -0.493 e. The average Bonchev–Trinajstić information content (AvgIpc) is 3.25. The summed E-state index contributed by atoms with van der Waals surface area (Å²) >= 11 is 6.28. The Morgan fingerprint density at radius 3 is 2.68 bits per heavy atom. The Balaban J connectivity index is 2.12. The van der Waals surface area contributed by atoms with Crippen LogP contribution in [0.25, 0.3) is 11.8 Å². The number of hydrogen-bond donors (Lipinski definition) is 1. The largest absolute Gasteiger partial charge is 0.493 e. The minimum absolute atomic E-state index is 0.419. The number of aliphatic hydroxyl groups excluding tert-OH is 1. The molecule has 7 heteroatoms. The van der Waals surface area contributed by atoms with Gasteiger partial charge in [-0.15, -0.1) is 0 Å². The van der Waals surface area contributed by atoms with Gasteiger partial charge in [-0.2, -0.15) is 0 Å². The van der Waals surface area contributed by atoms with Crippen LogP contribution >= 0.6 is 11.6 Å². The molecule has 0 fully saturated rings. The molecule has 1 atom stereocenters. The summed E-state index contributed by atoms with van der Waals surface area (Å²) < 4.78 is 17.7. The van der Waals surface area contributed by atoms with Crippen LogP contribution in [0.1, 0.15) is 29.8 Å². The predicted molar refractivity (Wildman–Crippen MR) is 120 cm³/mol. The van der Waals surface area contributed by atoms with Crippen molar-refractivity contribution < 1.29 is 24.1 Å². The number of aromatic nitrogens is 1. The van der Waals surface area contributed by atoms with Gasteiger partial charge in [0.1, 0.15) is 6.10 Å². The number of carbonyl (C=O) groups excluding carboxylic acids is 1. The van der Waals surface area contributed by atoms with Crippen LogP contribution < -0.4 is 9.47 Å². The number of rotatable bonds is 8. The van der Waals surface area contributed by atoms with Crippen LogP contribution in [0.15, 0.2) is 60.8 Å². The van der Waals surface area contributed by atoms with Crippen molar-refractivity contribution in [1.29, 1.82) is 0 Å². The number of halogens is 1. The van der Waals surface area contributed by atoms with E-state index in [4.69, 9.17) is 21.1 Å². The second-order valence-electron chi connectivity index (χ2n) is 6.58. The molecular weight excluding hydrogens is 418 g/mol. The Hall–Kier alpha value is -3.22.